The molecular weight excluding hydrogens is 434 g/mol. The Morgan fingerprint density at radius 2 is 1.94 bits per heavy atom. The van der Waals surface area contributed by atoms with Crippen LogP contribution in [0.25, 0.3) is 11.0 Å². The van der Waals surface area contributed by atoms with Crippen molar-refractivity contribution in [1.29, 1.82) is 0 Å². The molecule has 1 aliphatic heterocycles. The smallest absolute Gasteiger partial charge is 0.261 e. The summed E-state index contributed by atoms with van der Waals surface area (Å²) in [6, 6.07) is 14.5. The zero-order chi connectivity index (χ0) is 21.0. The number of rotatable bonds is 8. The van der Waals surface area contributed by atoms with Crippen molar-refractivity contribution in [2.45, 2.75) is 43.5 Å². The lowest BCUT2D eigenvalue weighted by Gasteiger charge is -2.33. The van der Waals surface area contributed by atoms with Gasteiger partial charge in [0.05, 0.1) is 22.5 Å². The summed E-state index contributed by atoms with van der Waals surface area (Å²) >= 11 is 0. The van der Waals surface area contributed by atoms with E-state index < -0.39 is 10.0 Å². The molecule has 1 unspecified atom stereocenters. The van der Waals surface area contributed by atoms with E-state index in [1.807, 2.05) is 6.07 Å². The maximum Gasteiger partial charge on any atom is 0.261 e. The number of benzene rings is 2. The van der Waals surface area contributed by atoms with Crippen LogP contribution in [-0.2, 0) is 10.0 Å². The van der Waals surface area contributed by atoms with Crippen molar-refractivity contribution in [3.8, 4) is 0 Å². The Labute approximate surface area is 190 Å². The molecule has 3 aromatic rings. The number of hydrogen-bond acceptors (Lipinski definition) is 5. The van der Waals surface area contributed by atoms with Gasteiger partial charge in [0.1, 0.15) is 0 Å². The Hall–Kier alpha value is -2.22. The van der Waals surface area contributed by atoms with Crippen molar-refractivity contribution in [3.05, 3.63) is 54.8 Å². The first kappa shape index (κ1) is 23.4. The Balaban J connectivity index is 0.00000272. The van der Waals surface area contributed by atoms with Gasteiger partial charge in [-0.25, -0.2) is 8.42 Å². The summed E-state index contributed by atoms with van der Waals surface area (Å²) in [7, 11) is -3.64. The second-order valence-corrected chi connectivity index (χ2v) is 9.62. The van der Waals surface area contributed by atoms with Crippen LogP contribution in [0.4, 0.5) is 11.4 Å². The summed E-state index contributed by atoms with van der Waals surface area (Å²) in [5, 5.41) is 4.30. The van der Waals surface area contributed by atoms with E-state index in [1.54, 1.807) is 48.7 Å². The number of furan rings is 1. The van der Waals surface area contributed by atoms with Crippen LogP contribution < -0.4 is 10.0 Å². The van der Waals surface area contributed by atoms with Crippen LogP contribution in [-0.4, -0.2) is 39.0 Å². The first-order valence-corrected chi connectivity index (χ1v) is 12.1. The van der Waals surface area contributed by atoms with Crippen molar-refractivity contribution in [1.82, 2.24) is 4.90 Å². The topological polar surface area (TPSA) is 74.6 Å². The number of likely N-dealkylation sites (tertiary alicyclic amines) is 1. The Morgan fingerprint density at radius 3 is 2.71 bits per heavy atom. The molecule has 2 aromatic carbocycles. The highest BCUT2D eigenvalue weighted by atomic mass is 35.5. The highest BCUT2D eigenvalue weighted by Gasteiger charge is 2.18. The predicted molar refractivity (Wildman–Crippen MR) is 129 cm³/mol. The predicted octanol–water partition coefficient (Wildman–Crippen LogP) is 5.33. The number of piperidine rings is 1. The Bertz CT molecular complexity index is 1090. The van der Waals surface area contributed by atoms with E-state index in [2.05, 4.69) is 21.9 Å². The minimum Gasteiger partial charge on any atom is -0.462 e. The number of fused-ring (bicyclic) bond motifs is 1. The fourth-order valence-electron chi connectivity index (χ4n) is 4.08. The van der Waals surface area contributed by atoms with E-state index in [0.29, 0.717) is 11.7 Å². The van der Waals surface area contributed by atoms with E-state index in [0.717, 1.165) is 36.2 Å². The molecule has 2 heterocycles. The molecule has 0 amide bonds. The van der Waals surface area contributed by atoms with Crippen LogP contribution in [0.3, 0.4) is 0 Å². The van der Waals surface area contributed by atoms with Crippen LogP contribution in [0.5, 0.6) is 0 Å². The molecule has 0 aliphatic carbocycles. The molecule has 8 heteroatoms. The first-order valence-electron chi connectivity index (χ1n) is 10.6. The van der Waals surface area contributed by atoms with Gasteiger partial charge in [-0.1, -0.05) is 24.6 Å². The fraction of sp³-hybridized carbons (Fsp3) is 0.391. The number of anilines is 2. The number of halogens is 1. The minimum absolute atomic E-state index is 0. The average Bonchev–Trinajstić information content (AvgIpc) is 3.21. The van der Waals surface area contributed by atoms with Gasteiger partial charge in [0, 0.05) is 24.5 Å². The first-order chi connectivity index (χ1) is 14.5. The molecule has 1 aliphatic rings. The molecule has 1 saturated heterocycles. The van der Waals surface area contributed by atoms with Crippen LogP contribution in [0.1, 0.15) is 32.6 Å². The molecule has 0 saturated carbocycles. The molecule has 0 bridgehead atoms. The summed E-state index contributed by atoms with van der Waals surface area (Å²) < 4.78 is 33.7. The monoisotopic (exact) mass is 463 g/mol. The molecule has 0 radical (unpaired) electrons. The minimum atomic E-state index is -3.64. The summed E-state index contributed by atoms with van der Waals surface area (Å²) in [6.07, 6.45) is 6.55. The fourth-order valence-corrected chi connectivity index (χ4v) is 5.14. The molecule has 168 valence electrons. The molecule has 31 heavy (non-hydrogen) atoms. The zero-order valence-electron chi connectivity index (χ0n) is 17.7. The van der Waals surface area contributed by atoms with Crippen molar-refractivity contribution in [3.63, 3.8) is 0 Å². The van der Waals surface area contributed by atoms with E-state index in [1.165, 1.54) is 25.8 Å². The normalized spacial score (nSPS) is 17.3. The molecule has 6 nitrogen and oxygen atoms in total. The van der Waals surface area contributed by atoms with E-state index in [4.69, 9.17) is 4.42 Å². The summed E-state index contributed by atoms with van der Waals surface area (Å²) in [5.41, 5.74) is 2.05. The lowest BCUT2D eigenvalue weighted by atomic mass is 10.0. The van der Waals surface area contributed by atoms with E-state index in [9.17, 15) is 8.42 Å². The Morgan fingerprint density at radius 1 is 1.13 bits per heavy atom. The van der Waals surface area contributed by atoms with Gasteiger partial charge < -0.3 is 14.6 Å². The van der Waals surface area contributed by atoms with Gasteiger partial charge in [0.25, 0.3) is 10.0 Å². The molecule has 1 atom stereocenters. The number of nitrogens with zero attached hydrogens (tertiary/aromatic N) is 1. The van der Waals surface area contributed by atoms with Gasteiger partial charge in [-0.15, -0.1) is 12.4 Å². The maximum atomic E-state index is 12.7. The van der Waals surface area contributed by atoms with Crippen LogP contribution >= 0.6 is 12.4 Å². The third kappa shape index (κ3) is 5.73. The second kappa shape index (κ2) is 10.4. The standard InChI is InChI=1S/C23H29N3O3S.ClH/c1-18-8-5-6-13-26(18)14-7-12-24-22-17-20(16-19-11-15-29-23(19)22)25-30(27,28)21-9-3-2-4-10-21;/h2-4,9-11,15-18,24-25H,5-8,12-14H2,1H3;1H. The molecule has 4 rings (SSSR count). The SMILES string of the molecule is CC1CCCCN1CCCNc1cc(NS(=O)(=O)c2ccccc2)cc2ccoc12.Cl. The highest BCUT2D eigenvalue weighted by molar-refractivity contribution is 7.92. The van der Waals surface area contributed by atoms with Crippen LogP contribution in [0.2, 0.25) is 0 Å². The number of hydrogen-bond donors (Lipinski definition) is 2. The number of sulfonamides is 1. The maximum absolute atomic E-state index is 12.7. The van der Waals surface area contributed by atoms with Crippen molar-refractivity contribution >= 4 is 44.8 Å². The van der Waals surface area contributed by atoms with Crippen molar-refractivity contribution in [2.75, 3.05) is 29.7 Å². The third-order valence-corrected chi connectivity index (χ3v) is 7.13. The third-order valence-electron chi connectivity index (χ3n) is 5.73. The molecule has 1 aromatic heterocycles. The molecule has 2 N–H and O–H groups in total. The van der Waals surface area contributed by atoms with Crippen molar-refractivity contribution in [2.24, 2.45) is 0 Å². The molecular formula is C23H30ClN3O3S. The largest absolute Gasteiger partial charge is 0.462 e. The zero-order valence-corrected chi connectivity index (χ0v) is 19.3. The van der Waals surface area contributed by atoms with Gasteiger partial charge in [-0.05, 0) is 63.1 Å². The number of nitrogens with one attached hydrogen (secondary N) is 2. The van der Waals surface area contributed by atoms with Gasteiger partial charge in [0.15, 0.2) is 5.58 Å². The molecule has 1 fully saturated rings. The van der Waals surface area contributed by atoms with Crippen LogP contribution in [0, 0.1) is 0 Å². The summed E-state index contributed by atoms with van der Waals surface area (Å²) in [6.45, 7) is 5.35. The quantitative estimate of drug-likeness (QED) is 0.441. The average molecular weight is 464 g/mol. The Kier molecular flexibility index (Phi) is 7.86. The lowest BCUT2D eigenvalue weighted by Crippen LogP contribution is -2.38. The van der Waals surface area contributed by atoms with Crippen LogP contribution in [0.15, 0.2) is 64.1 Å². The van der Waals surface area contributed by atoms with Gasteiger partial charge in [0.2, 0.25) is 0 Å². The summed E-state index contributed by atoms with van der Waals surface area (Å²) in [4.78, 5) is 2.79. The molecule has 0 spiro atoms. The van der Waals surface area contributed by atoms with Gasteiger partial charge >= 0.3 is 0 Å². The van der Waals surface area contributed by atoms with E-state index >= 15 is 0 Å². The van der Waals surface area contributed by atoms with Crippen molar-refractivity contribution < 1.29 is 12.8 Å². The second-order valence-electron chi connectivity index (χ2n) is 7.94. The lowest BCUT2D eigenvalue weighted by molar-refractivity contribution is 0.160. The van der Waals surface area contributed by atoms with E-state index in [-0.39, 0.29) is 17.3 Å². The van der Waals surface area contributed by atoms with Gasteiger partial charge in [-0.3, -0.25) is 4.72 Å². The highest BCUT2D eigenvalue weighted by Crippen LogP contribution is 2.30. The van der Waals surface area contributed by atoms with Gasteiger partial charge in [-0.2, -0.15) is 0 Å². The summed E-state index contributed by atoms with van der Waals surface area (Å²) in [5.74, 6) is 0.